The molecule has 8 nitrogen and oxygen atoms in total. The standard InChI is InChI=1S/C42H42F21NO7/c1-3-68-15-13-25-21-24(10-12-28-30-29(27(71-28)11-9-23-7-5-4-6-8-23)31(65)64(32(30)66)14-16-69-19-20-70-18-17-67-2)22-26(25)33(43,44)34(45,46)35(47,48)36(49,50)37(51,52)38(53,54)39(55,56)40(57,58)41(59,60)42(61,62)63/h4-13,15,24-30H,3,14,16-22H2,1-2H3/b11-9-,12-10+,15-13-/t24?,25?,26?,27?,28?,29-,30+/m0/s1. The molecule has 71 heavy (non-hydrogen) atoms. The van der Waals surface area contributed by atoms with Crippen molar-refractivity contribution in [2.45, 2.75) is 91.5 Å². The number of benzene rings is 1. The van der Waals surface area contributed by atoms with Crippen molar-refractivity contribution in [3.05, 3.63) is 66.5 Å². The summed E-state index contributed by atoms with van der Waals surface area (Å²) in [5, 5.41) is 0. The number of imide groups is 1. The molecule has 2 aliphatic heterocycles. The van der Waals surface area contributed by atoms with E-state index in [-0.39, 0.29) is 46.2 Å². The molecule has 2 heterocycles. The molecule has 5 unspecified atom stereocenters. The molecule has 2 amide bonds. The lowest BCUT2D eigenvalue weighted by Gasteiger charge is -2.45. The lowest BCUT2D eigenvalue weighted by molar-refractivity contribution is -0.475. The van der Waals surface area contributed by atoms with E-state index in [9.17, 15) is 75.4 Å². The number of ether oxygens (including phenoxy) is 5. The number of fused-ring (bicyclic) bond motifs is 1. The quantitative estimate of drug-likeness (QED) is 0.0317. The fourth-order valence-electron chi connectivity index (χ4n) is 7.98. The Kier molecular flexibility index (Phi) is 17.8. The normalized spacial score (nSPS) is 24.9. The molecule has 7 atom stereocenters. The van der Waals surface area contributed by atoms with Crippen molar-refractivity contribution in [2.75, 3.05) is 53.3 Å². The smallest absolute Gasteiger partial charge is 0.460 e. The molecule has 1 saturated carbocycles. The van der Waals surface area contributed by atoms with Crippen molar-refractivity contribution < 1.29 is 125 Å². The molecule has 0 aromatic heterocycles. The average Bonchev–Trinajstić information content (AvgIpc) is 3.94. The van der Waals surface area contributed by atoms with Gasteiger partial charge in [-0.1, -0.05) is 54.6 Å². The van der Waals surface area contributed by atoms with Crippen LogP contribution in [-0.2, 0) is 33.3 Å². The van der Waals surface area contributed by atoms with Gasteiger partial charge in [-0.15, -0.1) is 0 Å². The topological polar surface area (TPSA) is 83.5 Å². The second kappa shape index (κ2) is 21.3. The first kappa shape index (κ1) is 59.3. The highest BCUT2D eigenvalue weighted by Crippen LogP contribution is 2.67. The van der Waals surface area contributed by atoms with Gasteiger partial charge in [-0.25, -0.2) is 0 Å². The maximum Gasteiger partial charge on any atom is 0.460 e. The first-order chi connectivity index (χ1) is 32.5. The second-order valence-electron chi connectivity index (χ2n) is 16.3. The van der Waals surface area contributed by atoms with E-state index in [1.807, 2.05) is 0 Å². The van der Waals surface area contributed by atoms with Crippen LogP contribution in [0.3, 0.4) is 0 Å². The van der Waals surface area contributed by atoms with E-state index in [1.54, 1.807) is 30.3 Å². The van der Waals surface area contributed by atoms with Crippen LogP contribution < -0.4 is 0 Å². The van der Waals surface area contributed by atoms with E-state index in [0.717, 1.165) is 17.1 Å². The number of carbonyl (C=O) groups excluding carboxylic acids is 2. The van der Waals surface area contributed by atoms with Crippen molar-refractivity contribution in [1.82, 2.24) is 4.90 Å². The van der Waals surface area contributed by atoms with Crippen LogP contribution in [0, 0.1) is 29.6 Å². The summed E-state index contributed by atoms with van der Waals surface area (Å²) in [6.07, 6.45) is -7.47. The van der Waals surface area contributed by atoms with Gasteiger partial charge in [0.1, 0.15) is 0 Å². The first-order valence-corrected chi connectivity index (χ1v) is 20.8. The number of hydrogen-bond donors (Lipinski definition) is 0. The highest BCUT2D eigenvalue weighted by molar-refractivity contribution is 6.06. The van der Waals surface area contributed by atoms with Gasteiger partial charge < -0.3 is 23.7 Å². The third-order valence-corrected chi connectivity index (χ3v) is 11.9. The van der Waals surface area contributed by atoms with E-state index in [0.29, 0.717) is 17.9 Å². The Labute approximate surface area is 389 Å². The Bertz CT molecular complexity index is 2060. The number of allylic oxidation sites excluding steroid dienone is 2. The summed E-state index contributed by atoms with van der Waals surface area (Å²) in [7, 11) is 1.44. The third kappa shape index (κ3) is 10.5. The Hall–Kier alpha value is -4.25. The maximum atomic E-state index is 15.9. The summed E-state index contributed by atoms with van der Waals surface area (Å²) in [6, 6.07) is 8.24. The maximum absolute atomic E-state index is 15.9. The van der Waals surface area contributed by atoms with Crippen LogP contribution in [0.25, 0.3) is 6.08 Å². The zero-order valence-electron chi connectivity index (χ0n) is 36.5. The number of halogens is 21. The number of nitrogens with zero attached hydrogens (tertiary/aromatic N) is 1. The van der Waals surface area contributed by atoms with Gasteiger partial charge >= 0.3 is 59.5 Å². The van der Waals surface area contributed by atoms with Gasteiger partial charge in [0, 0.05) is 13.0 Å². The largest absolute Gasteiger partial charge is 0.502 e. The molecule has 0 radical (unpaired) electrons. The molecule has 0 bridgehead atoms. The first-order valence-electron chi connectivity index (χ1n) is 20.8. The average molecular weight is 1070 g/mol. The Morgan fingerprint density at radius 3 is 1.54 bits per heavy atom. The van der Waals surface area contributed by atoms with Gasteiger partial charge in [-0.2, -0.15) is 92.2 Å². The van der Waals surface area contributed by atoms with E-state index < -0.39 is 126 Å². The van der Waals surface area contributed by atoms with Gasteiger partial charge in [0.15, 0.2) is 0 Å². The van der Waals surface area contributed by atoms with Gasteiger partial charge in [0.25, 0.3) is 0 Å². The molecule has 1 aromatic carbocycles. The molecule has 3 aliphatic rings. The van der Waals surface area contributed by atoms with Crippen molar-refractivity contribution in [3.8, 4) is 0 Å². The lowest BCUT2D eigenvalue weighted by Crippen LogP contribution is -2.77. The number of methoxy groups -OCH3 is 1. The molecule has 0 spiro atoms. The second-order valence-corrected chi connectivity index (χ2v) is 16.3. The highest BCUT2D eigenvalue weighted by Gasteiger charge is 2.98. The van der Waals surface area contributed by atoms with E-state index in [1.165, 1.54) is 26.2 Å². The molecule has 4 rings (SSSR count). The molecular weight excluding hydrogens is 1030 g/mol. The highest BCUT2D eigenvalue weighted by atomic mass is 19.4. The summed E-state index contributed by atoms with van der Waals surface area (Å²) in [5.41, 5.74) is 0.577. The zero-order valence-corrected chi connectivity index (χ0v) is 36.5. The number of alkyl halides is 21. The van der Waals surface area contributed by atoms with E-state index in [4.69, 9.17) is 23.7 Å². The Morgan fingerprint density at radius 2 is 1.04 bits per heavy atom. The van der Waals surface area contributed by atoms with E-state index in [2.05, 4.69) is 0 Å². The van der Waals surface area contributed by atoms with Crippen LogP contribution in [0.4, 0.5) is 92.2 Å². The fourth-order valence-corrected chi connectivity index (χ4v) is 7.98. The van der Waals surface area contributed by atoms with Crippen LogP contribution in [0.2, 0.25) is 0 Å². The van der Waals surface area contributed by atoms with Gasteiger partial charge in [-0.3, -0.25) is 14.5 Å². The molecule has 404 valence electrons. The molecule has 1 aromatic rings. The molecule has 1 aliphatic carbocycles. The van der Waals surface area contributed by atoms with Crippen molar-refractivity contribution in [1.29, 1.82) is 0 Å². The minimum Gasteiger partial charge on any atom is -0.502 e. The molecule has 3 fully saturated rings. The Balaban J connectivity index is 1.66. The monoisotopic (exact) mass is 1070 g/mol. The van der Waals surface area contributed by atoms with Gasteiger partial charge in [-0.05, 0) is 43.2 Å². The van der Waals surface area contributed by atoms with Crippen molar-refractivity contribution in [2.24, 2.45) is 29.6 Å². The predicted octanol–water partition coefficient (Wildman–Crippen LogP) is 10.8. The number of likely N-dealkylation sites (tertiary alicyclic amines) is 1. The van der Waals surface area contributed by atoms with Crippen LogP contribution in [-0.4, -0.2) is 142 Å². The number of carbonyl (C=O) groups is 2. The van der Waals surface area contributed by atoms with Crippen molar-refractivity contribution in [3.63, 3.8) is 0 Å². The summed E-state index contributed by atoms with van der Waals surface area (Å²) < 4.78 is 325. The lowest BCUT2D eigenvalue weighted by atomic mass is 9.80. The van der Waals surface area contributed by atoms with Crippen LogP contribution >= 0.6 is 0 Å². The minimum atomic E-state index is -9.28. The summed E-state index contributed by atoms with van der Waals surface area (Å²) >= 11 is 0. The SMILES string of the molecule is CCO/C=C\C1CC(/C=C/C2OC(/C=C\c3ccccc3)[C@@H]3C(=O)N(CCOCCOCCOC)C(=O)[C@H]23)CC1C(F)(F)C(F)(F)C(F)(F)C(F)(F)C(F)(F)C(F)(F)C(F)(F)C(F)(F)C(F)(F)C(F)(F)F. The molecule has 29 heteroatoms. The predicted molar refractivity (Wildman–Crippen MR) is 202 cm³/mol. The minimum absolute atomic E-state index is 0.0266. The Morgan fingerprint density at radius 1 is 0.577 bits per heavy atom. The van der Waals surface area contributed by atoms with Crippen molar-refractivity contribution >= 4 is 17.9 Å². The summed E-state index contributed by atoms with van der Waals surface area (Å²) in [5.74, 6) is -89.7. The number of amides is 2. The molecule has 0 N–H and O–H groups in total. The van der Waals surface area contributed by atoms with Crippen LogP contribution in [0.15, 0.2) is 60.9 Å². The summed E-state index contributed by atoms with van der Waals surface area (Å²) in [6.45, 7) is 1.11. The zero-order chi connectivity index (χ0) is 54.0. The fraction of sp³-hybridized carbons (Fsp3) is 0.667. The van der Waals surface area contributed by atoms with Crippen LogP contribution in [0.1, 0.15) is 25.3 Å². The molecular formula is C42H42F21NO7. The van der Waals surface area contributed by atoms with E-state index >= 15 is 26.3 Å². The van der Waals surface area contributed by atoms with Gasteiger partial charge in [0.2, 0.25) is 11.8 Å². The van der Waals surface area contributed by atoms with Crippen LogP contribution in [0.5, 0.6) is 0 Å². The number of hydrogen-bond acceptors (Lipinski definition) is 7. The number of rotatable bonds is 25. The molecule has 2 saturated heterocycles. The van der Waals surface area contributed by atoms with Gasteiger partial charge in [0.05, 0.1) is 76.5 Å². The summed E-state index contributed by atoms with van der Waals surface area (Å²) in [4.78, 5) is 28.2. The third-order valence-electron chi connectivity index (χ3n) is 11.9.